The number of guanidine groups is 1. The van der Waals surface area contributed by atoms with Crippen molar-refractivity contribution < 1.29 is 9.13 Å². The van der Waals surface area contributed by atoms with E-state index in [0.717, 1.165) is 16.3 Å². The van der Waals surface area contributed by atoms with Crippen LogP contribution < -0.4 is 15.4 Å². The first-order valence-corrected chi connectivity index (χ1v) is 8.05. The molecule has 132 valence electrons. The molecule has 2 rings (SSSR count). The molecule has 0 saturated heterocycles. The molecule has 0 aliphatic rings. The Hall–Kier alpha value is -1.42. The molecule has 0 bridgehead atoms. The van der Waals surface area contributed by atoms with Crippen molar-refractivity contribution in [2.75, 3.05) is 14.2 Å². The number of halogens is 2. The minimum absolute atomic E-state index is 0. The van der Waals surface area contributed by atoms with Crippen LogP contribution in [-0.2, 0) is 13.1 Å². The molecule has 1 aromatic carbocycles. The number of aryl methyl sites for hydroxylation is 2. The molecule has 0 amide bonds. The van der Waals surface area contributed by atoms with Gasteiger partial charge in [0.2, 0.25) is 0 Å². The molecule has 0 aliphatic carbocycles. The van der Waals surface area contributed by atoms with E-state index in [1.807, 2.05) is 13.0 Å². The maximum Gasteiger partial charge on any atom is 0.191 e. The summed E-state index contributed by atoms with van der Waals surface area (Å²) in [4.78, 5) is 9.85. The highest BCUT2D eigenvalue weighted by atomic mass is 127. The van der Waals surface area contributed by atoms with Gasteiger partial charge in [-0.3, -0.25) is 4.99 Å². The standard InChI is InChI=1S/C16H21FN4OS.HI/c1-10-11(2)23-15(21-10)9-20-16(18-3)19-8-12-5-6-14(22-4)13(17)7-12;/h5-7H,8-9H2,1-4H3,(H2,18,19,20);1H. The predicted molar refractivity (Wildman–Crippen MR) is 107 cm³/mol. The number of thiazole rings is 1. The molecule has 0 atom stereocenters. The zero-order chi connectivity index (χ0) is 16.8. The number of nitrogens with zero attached hydrogens (tertiary/aromatic N) is 2. The molecule has 0 saturated carbocycles. The highest BCUT2D eigenvalue weighted by molar-refractivity contribution is 14.0. The molecule has 0 unspecified atom stereocenters. The van der Waals surface area contributed by atoms with Gasteiger partial charge in [0, 0.05) is 18.5 Å². The number of rotatable bonds is 5. The maximum absolute atomic E-state index is 13.7. The van der Waals surface area contributed by atoms with Crippen LogP contribution in [0, 0.1) is 19.7 Å². The number of hydrogen-bond donors (Lipinski definition) is 2. The van der Waals surface area contributed by atoms with Crippen LogP contribution >= 0.6 is 35.3 Å². The van der Waals surface area contributed by atoms with Crippen LogP contribution in [0.25, 0.3) is 0 Å². The molecular weight excluding hydrogens is 442 g/mol. The van der Waals surface area contributed by atoms with Crippen molar-refractivity contribution in [1.82, 2.24) is 15.6 Å². The van der Waals surface area contributed by atoms with E-state index in [-0.39, 0.29) is 35.5 Å². The average Bonchev–Trinajstić information content (AvgIpc) is 2.86. The van der Waals surface area contributed by atoms with Gasteiger partial charge < -0.3 is 15.4 Å². The molecule has 2 N–H and O–H groups in total. The van der Waals surface area contributed by atoms with Gasteiger partial charge in [-0.05, 0) is 31.5 Å². The third-order valence-electron chi connectivity index (χ3n) is 3.38. The lowest BCUT2D eigenvalue weighted by molar-refractivity contribution is 0.386. The van der Waals surface area contributed by atoms with E-state index < -0.39 is 0 Å². The number of aliphatic imine (C=N–C) groups is 1. The van der Waals surface area contributed by atoms with Crippen molar-refractivity contribution in [2.24, 2.45) is 4.99 Å². The topological polar surface area (TPSA) is 58.5 Å². The molecule has 0 aliphatic heterocycles. The fraction of sp³-hybridized carbons (Fsp3) is 0.375. The fourth-order valence-corrected chi connectivity index (χ4v) is 2.87. The Bertz CT molecular complexity index is 686. The van der Waals surface area contributed by atoms with Crippen LogP contribution in [0.15, 0.2) is 23.2 Å². The quantitative estimate of drug-likeness (QED) is 0.405. The van der Waals surface area contributed by atoms with Gasteiger partial charge in [0.1, 0.15) is 5.01 Å². The van der Waals surface area contributed by atoms with E-state index in [1.54, 1.807) is 24.5 Å². The van der Waals surface area contributed by atoms with Gasteiger partial charge in [-0.15, -0.1) is 35.3 Å². The van der Waals surface area contributed by atoms with Crippen LogP contribution in [-0.4, -0.2) is 25.1 Å². The molecule has 0 radical (unpaired) electrons. The summed E-state index contributed by atoms with van der Waals surface area (Å²) in [5.41, 5.74) is 1.87. The summed E-state index contributed by atoms with van der Waals surface area (Å²) in [6, 6.07) is 4.88. The number of aromatic nitrogens is 1. The predicted octanol–water partition coefficient (Wildman–Crippen LogP) is 3.39. The summed E-state index contributed by atoms with van der Waals surface area (Å²) in [5.74, 6) is 0.515. The van der Waals surface area contributed by atoms with Crippen molar-refractivity contribution in [3.05, 3.63) is 45.2 Å². The van der Waals surface area contributed by atoms with E-state index in [1.165, 1.54) is 18.1 Å². The second-order valence-corrected chi connectivity index (χ2v) is 6.29. The van der Waals surface area contributed by atoms with Crippen molar-refractivity contribution in [1.29, 1.82) is 0 Å². The molecule has 5 nitrogen and oxygen atoms in total. The number of benzene rings is 1. The minimum Gasteiger partial charge on any atom is -0.494 e. The molecule has 8 heteroatoms. The van der Waals surface area contributed by atoms with E-state index >= 15 is 0 Å². The fourth-order valence-electron chi connectivity index (χ4n) is 2.00. The summed E-state index contributed by atoms with van der Waals surface area (Å²) in [6.45, 7) is 5.13. The zero-order valence-electron chi connectivity index (χ0n) is 14.1. The van der Waals surface area contributed by atoms with Crippen molar-refractivity contribution in [3.63, 3.8) is 0 Å². The second kappa shape index (κ2) is 9.77. The van der Waals surface area contributed by atoms with Crippen LogP contribution in [0.3, 0.4) is 0 Å². The van der Waals surface area contributed by atoms with Crippen LogP contribution in [0.2, 0.25) is 0 Å². The largest absolute Gasteiger partial charge is 0.494 e. The molecule has 2 aromatic rings. The number of nitrogens with one attached hydrogen (secondary N) is 2. The average molecular weight is 464 g/mol. The third kappa shape index (κ3) is 5.59. The van der Waals surface area contributed by atoms with Crippen LogP contribution in [0.5, 0.6) is 5.75 Å². The van der Waals surface area contributed by atoms with E-state index in [4.69, 9.17) is 4.74 Å². The lowest BCUT2D eigenvalue weighted by Gasteiger charge is -2.11. The van der Waals surface area contributed by atoms with Crippen molar-refractivity contribution in [2.45, 2.75) is 26.9 Å². The van der Waals surface area contributed by atoms with Crippen molar-refractivity contribution in [3.8, 4) is 5.75 Å². The van der Waals surface area contributed by atoms with Gasteiger partial charge >= 0.3 is 0 Å². The number of methoxy groups -OCH3 is 1. The first-order chi connectivity index (χ1) is 11.0. The molecule has 1 heterocycles. The normalized spacial score (nSPS) is 11.0. The van der Waals surface area contributed by atoms with Crippen molar-refractivity contribution >= 4 is 41.3 Å². The SMILES string of the molecule is CN=C(NCc1ccc(OC)c(F)c1)NCc1nc(C)c(C)s1.I. The summed E-state index contributed by atoms with van der Waals surface area (Å²) in [5, 5.41) is 7.36. The molecule has 0 spiro atoms. The second-order valence-electron chi connectivity index (χ2n) is 5.00. The number of hydrogen-bond acceptors (Lipinski definition) is 4. The molecular formula is C16H22FIN4OS. The first kappa shape index (κ1) is 20.6. The summed E-state index contributed by atoms with van der Waals surface area (Å²) < 4.78 is 18.6. The lowest BCUT2D eigenvalue weighted by Crippen LogP contribution is -2.36. The first-order valence-electron chi connectivity index (χ1n) is 7.23. The van der Waals surface area contributed by atoms with Gasteiger partial charge in [0.15, 0.2) is 17.5 Å². The Morgan fingerprint density at radius 2 is 2.00 bits per heavy atom. The van der Waals surface area contributed by atoms with Gasteiger partial charge in [0.25, 0.3) is 0 Å². The molecule has 24 heavy (non-hydrogen) atoms. The monoisotopic (exact) mass is 464 g/mol. The molecule has 0 fully saturated rings. The zero-order valence-corrected chi connectivity index (χ0v) is 17.3. The van der Waals surface area contributed by atoms with E-state index in [0.29, 0.717) is 19.0 Å². The Labute approximate surface area is 162 Å². The van der Waals surface area contributed by atoms with Crippen LogP contribution in [0.1, 0.15) is 21.1 Å². The van der Waals surface area contributed by atoms with Gasteiger partial charge in [0.05, 0.1) is 19.3 Å². The van der Waals surface area contributed by atoms with E-state index in [9.17, 15) is 4.39 Å². The number of ether oxygens (including phenoxy) is 1. The Balaban J connectivity index is 0.00000288. The molecule has 1 aromatic heterocycles. The summed E-state index contributed by atoms with van der Waals surface area (Å²) in [6.07, 6.45) is 0. The van der Waals surface area contributed by atoms with Gasteiger partial charge in [-0.1, -0.05) is 6.07 Å². The van der Waals surface area contributed by atoms with Crippen LogP contribution in [0.4, 0.5) is 4.39 Å². The summed E-state index contributed by atoms with van der Waals surface area (Å²) in [7, 11) is 3.15. The van der Waals surface area contributed by atoms with Gasteiger partial charge in [-0.25, -0.2) is 9.37 Å². The highest BCUT2D eigenvalue weighted by Crippen LogP contribution is 2.17. The highest BCUT2D eigenvalue weighted by Gasteiger charge is 2.06. The Kier molecular flexibility index (Phi) is 8.40. The maximum atomic E-state index is 13.7. The third-order valence-corrected chi connectivity index (χ3v) is 4.45. The Morgan fingerprint density at radius 3 is 2.54 bits per heavy atom. The minimum atomic E-state index is -0.372. The Morgan fingerprint density at radius 1 is 1.29 bits per heavy atom. The van der Waals surface area contributed by atoms with E-state index in [2.05, 4.69) is 27.5 Å². The smallest absolute Gasteiger partial charge is 0.191 e. The van der Waals surface area contributed by atoms with Gasteiger partial charge in [-0.2, -0.15) is 0 Å². The lowest BCUT2D eigenvalue weighted by atomic mass is 10.2. The summed E-state index contributed by atoms with van der Waals surface area (Å²) >= 11 is 1.67.